The van der Waals surface area contributed by atoms with Crippen molar-refractivity contribution in [2.75, 3.05) is 32.9 Å². The highest BCUT2D eigenvalue weighted by molar-refractivity contribution is 5.73. The highest BCUT2D eigenvalue weighted by Gasteiger charge is 2.50. The Labute approximate surface area is 126 Å². The fourth-order valence-electron chi connectivity index (χ4n) is 5.24. The topological polar surface area (TPSA) is 70.6 Å². The van der Waals surface area contributed by atoms with Crippen molar-refractivity contribution in [2.24, 2.45) is 23.2 Å². The molecular formula is C16H28N2O3. The van der Waals surface area contributed by atoms with E-state index in [1.165, 1.54) is 38.5 Å². The summed E-state index contributed by atoms with van der Waals surface area (Å²) in [7, 11) is 0. The van der Waals surface area contributed by atoms with Gasteiger partial charge in [-0.2, -0.15) is 0 Å². The lowest BCUT2D eigenvalue weighted by atomic mass is 9.49. The third-order valence-electron chi connectivity index (χ3n) is 5.56. The first-order chi connectivity index (χ1) is 10.2. The van der Waals surface area contributed by atoms with E-state index in [2.05, 4.69) is 10.6 Å². The molecule has 0 aromatic carbocycles. The molecule has 4 aliphatic rings. The van der Waals surface area contributed by atoms with Gasteiger partial charge in [0.2, 0.25) is 0 Å². The molecule has 0 aromatic heterocycles. The first-order valence-electron chi connectivity index (χ1n) is 8.39. The molecular weight excluding hydrogens is 268 g/mol. The van der Waals surface area contributed by atoms with Gasteiger partial charge in [0.15, 0.2) is 0 Å². The molecule has 3 N–H and O–H groups in total. The molecule has 4 saturated carbocycles. The Morgan fingerprint density at radius 3 is 2.24 bits per heavy atom. The number of hydrogen-bond donors (Lipinski definition) is 3. The molecule has 120 valence electrons. The van der Waals surface area contributed by atoms with Crippen LogP contribution in [0.1, 0.15) is 38.5 Å². The molecule has 5 nitrogen and oxygen atoms in total. The largest absolute Gasteiger partial charge is 0.394 e. The molecule has 4 rings (SSSR count). The van der Waals surface area contributed by atoms with Crippen LogP contribution >= 0.6 is 0 Å². The second-order valence-corrected chi connectivity index (χ2v) is 7.36. The summed E-state index contributed by atoms with van der Waals surface area (Å²) in [6.07, 6.45) is 8.27. The highest BCUT2D eigenvalue weighted by Crippen LogP contribution is 2.59. The van der Waals surface area contributed by atoms with Gasteiger partial charge >= 0.3 is 6.03 Å². The van der Waals surface area contributed by atoms with E-state index < -0.39 is 0 Å². The van der Waals surface area contributed by atoms with Crippen LogP contribution in [0.2, 0.25) is 0 Å². The maximum absolute atomic E-state index is 11.8. The van der Waals surface area contributed by atoms with Gasteiger partial charge in [-0.25, -0.2) is 4.79 Å². The Balaban J connectivity index is 1.38. The van der Waals surface area contributed by atoms with Crippen LogP contribution in [0.15, 0.2) is 0 Å². The summed E-state index contributed by atoms with van der Waals surface area (Å²) in [5.74, 6) is 2.77. The second kappa shape index (κ2) is 6.53. The van der Waals surface area contributed by atoms with Gasteiger partial charge in [0.25, 0.3) is 0 Å². The van der Waals surface area contributed by atoms with Crippen molar-refractivity contribution in [3.05, 3.63) is 0 Å². The van der Waals surface area contributed by atoms with Gasteiger partial charge in [-0.05, 0) is 61.7 Å². The van der Waals surface area contributed by atoms with Crippen molar-refractivity contribution in [1.82, 2.24) is 10.6 Å². The van der Waals surface area contributed by atoms with Crippen LogP contribution in [0, 0.1) is 23.2 Å². The number of ether oxygens (including phenoxy) is 1. The molecule has 0 unspecified atom stereocenters. The van der Waals surface area contributed by atoms with Crippen LogP contribution in [-0.2, 0) is 4.74 Å². The Morgan fingerprint density at radius 1 is 1.05 bits per heavy atom. The summed E-state index contributed by atoms with van der Waals surface area (Å²) in [5.41, 5.74) is 0.388. The summed E-state index contributed by atoms with van der Waals surface area (Å²) < 4.78 is 5.12. The van der Waals surface area contributed by atoms with Crippen LogP contribution in [0.5, 0.6) is 0 Å². The van der Waals surface area contributed by atoms with Gasteiger partial charge in [-0.15, -0.1) is 0 Å². The summed E-state index contributed by atoms with van der Waals surface area (Å²) in [5, 5.41) is 14.5. The first kappa shape index (κ1) is 15.1. The predicted octanol–water partition coefficient (Wildman–Crippen LogP) is 1.51. The van der Waals surface area contributed by atoms with Crippen molar-refractivity contribution < 1.29 is 14.6 Å². The lowest BCUT2D eigenvalue weighted by molar-refractivity contribution is -0.0498. The molecule has 0 aliphatic heterocycles. The molecule has 2 amide bonds. The van der Waals surface area contributed by atoms with Crippen molar-refractivity contribution >= 4 is 6.03 Å². The van der Waals surface area contributed by atoms with E-state index in [1.807, 2.05) is 0 Å². The second-order valence-electron chi connectivity index (χ2n) is 7.36. The van der Waals surface area contributed by atoms with Crippen LogP contribution in [0.25, 0.3) is 0 Å². The monoisotopic (exact) mass is 296 g/mol. The van der Waals surface area contributed by atoms with Crippen LogP contribution < -0.4 is 10.6 Å². The van der Waals surface area contributed by atoms with Gasteiger partial charge in [-0.3, -0.25) is 0 Å². The number of urea groups is 1. The molecule has 0 saturated heterocycles. The third-order valence-corrected chi connectivity index (χ3v) is 5.56. The Hall–Kier alpha value is -0.810. The minimum atomic E-state index is -0.0849. The lowest BCUT2D eigenvalue weighted by Crippen LogP contribution is -2.52. The van der Waals surface area contributed by atoms with Gasteiger partial charge in [0, 0.05) is 13.1 Å². The molecule has 5 heteroatoms. The van der Waals surface area contributed by atoms with E-state index in [0.717, 1.165) is 24.3 Å². The first-order valence-corrected chi connectivity index (χ1v) is 8.39. The smallest absolute Gasteiger partial charge is 0.314 e. The van der Waals surface area contributed by atoms with Crippen molar-refractivity contribution in [2.45, 2.75) is 38.5 Å². The zero-order valence-corrected chi connectivity index (χ0v) is 12.8. The zero-order chi connectivity index (χ0) is 14.7. The van der Waals surface area contributed by atoms with E-state index in [1.54, 1.807) is 0 Å². The van der Waals surface area contributed by atoms with Crippen LogP contribution in [-0.4, -0.2) is 44.0 Å². The standard InChI is InChI=1S/C16H28N2O3/c19-2-4-21-3-1-17-15(20)18-11-16-8-12-5-13(9-16)7-14(6-12)10-16/h12-14,19H,1-11H2,(H2,17,18,20). The molecule has 4 fully saturated rings. The van der Waals surface area contributed by atoms with E-state index in [0.29, 0.717) is 25.2 Å². The molecule has 0 aromatic rings. The number of carbonyl (C=O) groups excluding carboxylic acids is 1. The summed E-state index contributed by atoms with van der Waals surface area (Å²) in [6, 6.07) is -0.0849. The van der Waals surface area contributed by atoms with Crippen LogP contribution in [0.4, 0.5) is 4.79 Å². The number of aliphatic hydroxyl groups excluding tert-OH is 1. The zero-order valence-electron chi connectivity index (χ0n) is 12.8. The molecule has 21 heavy (non-hydrogen) atoms. The average Bonchev–Trinajstić information content (AvgIpc) is 2.44. The maximum Gasteiger partial charge on any atom is 0.314 e. The number of amides is 2. The highest BCUT2D eigenvalue weighted by atomic mass is 16.5. The summed E-state index contributed by atoms with van der Waals surface area (Å²) in [4.78, 5) is 11.8. The van der Waals surface area contributed by atoms with Gasteiger partial charge < -0.3 is 20.5 Å². The molecule has 4 bridgehead atoms. The summed E-state index contributed by atoms with van der Waals surface area (Å²) in [6.45, 7) is 2.13. The number of rotatable bonds is 7. The average molecular weight is 296 g/mol. The van der Waals surface area contributed by atoms with Crippen molar-refractivity contribution in [3.63, 3.8) is 0 Å². The van der Waals surface area contributed by atoms with E-state index in [4.69, 9.17) is 9.84 Å². The predicted molar refractivity (Wildman–Crippen MR) is 79.9 cm³/mol. The van der Waals surface area contributed by atoms with Gasteiger partial charge in [-0.1, -0.05) is 0 Å². The minimum absolute atomic E-state index is 0.0260. The van der Waals surface area contributed by atoms with Crippen molar-refractivity contribution in [3.8, 4) is 0 Å². The Bertz CT molecular complexity index is 337. The molecule has 0 atom stereocenters. The Kier molecular flexibility index (Phi) is 4.69. The summed E-state index contributed by atoms with van der Waals surface area (Å²) >= 11 is 0. The molecule has 0 heterocycles. The Morgan fingerprint density at radius 2 is 1.67 bits per heavy atom. The quantitative estimate of drug-likeness (QED) is 0.624. The molecule has 4 aliphatic carbocycles. The van der Waals surface area contributed by atoms with Crippen molar-refractivity contribution in [1.29, 1.82) is 0 Å². The van der Waals surface area contributed by atoms with Gasteiger partial charge in [0.05, 0.1) is 19.8 Å². The number of hydrogen-bond acceptors (Lipinski definition) is 3. The normalized spacial score (nSPS) is 36.7. The fraction of sp³-hybridized carbons (Fsp3) is 0.938. The van der Waals surface area contributed by atoms with E-state index in [-0.39, 0.29) is 12.6 Å². The number of aliphatic hydroxyl groups is 1. The fourth-order valence-corrected chi connectivity index (χ4v) is 5.24. The third kappa shape index (κ3) is 3.69. The van der Waals surface area contributed by atoms with Gasteiger partial charge in [0.1, 0.15) is 0 Å². The number of nitrogens with one attached hydrogen (secondary N) is 2. The van der Waals surface area contributed by atoms with E-state index in [9.17, 15) is 4.79 Å². The maximum atomic E-state index is 11.8. The molecule has 0 radical (unpaired) electrons. The minimum Gasteiger partial charge on any atom is -0.394 e. The lowest BCUT2D eigenvalue weighted by Gasteiger charge is -2.56. The number of carbonyl (C=O) groups is 1. The molecule has 0 spiro atoms. The SMILES string of the molecule is O=C(NCCOCCO)NCC12CC3CC(CC(C3)C1)C2. The van der Waals surface area contributed by atoms with Crippen LogP contribution in [0.3, 0.4) is 0 Å². The van der Waals surface area contributed by atoms with E-state index >= 15 is 0 Å².